The van der Waals surface area contributed by atoms with Crippen LogP contribution in [0.1, 0.15) is 20.3 Å². The first-order valence-corrected chi connectivity index (χ1v) is 9.47. The van der Waals surface area contributed by atoms with Crippen molar-refractivity contribution in [3.63, 3.8) is 0 Å². The van der Waals surface area contributed by atoms with Crippen LogP contribution < -0.4 is 5.32 Å². The van der Waals surface area contributed by atoms with Gasteiger partial charge in [0.2, 0.25) is 15.9 Å². The lowest BCUT2D eigenvalue weighted by Gasteiger charge is -2.36. The van der Waals surface area contributed by atoms with Crippen LogP contribution in [-0.2, 0) is 14.8 Å². The summed E-state index contributed by atoms with van der Waals surface area (Å²) in [6.07, 6.45) is 0.904. The summed E-state index contributed by atoms with van der Waals surface area (Å²) in [4.78, 5) is 14.4. The molecule has 0 aliphatic carbocycles. The van der Waals surface area contributed by atoms with Gasteiger partial charge in [-0.3, -0.25) is 9.69 Å². The van der Waals surface area contributed by atoms with E-state index in [9.17, 15) is 13.2 Å². The molecule has 0 bridgehead atoms. The Hall–Kier alpha value is -1.44. The highest BCUT2D eigenvalue weighted by Crippen LogP contribution is 2.18. The lowest BCUT2D eigenvalue weighted by molar-refractivity contribution is -0.126. The Bertz CT molecular complexity index is 611. The van der Waals surface area contributed by atoms with Crippen LogP contribution in [0.4, 0.5) is 0 Å². The van der Waals surface area contributed by atoms with Crippen LogP contribution >= 0.6 is 0 Å². The normalized spacial score (nSPS) is 18.5. The summed E-state index contributed by atoms with van der Waals surface area (Å²) >= 11 is 0. The smallest absolute Gasteiger partial charge is 0.243 e. The molecule has 128 valence electrons. The van der Waals surface area contributed by atoms with Gasteiger partial charge in [0.15, 0.2) is 0 Å². The lowest BCUT2D eigenvalue weighted by Crippen LogP contribution is -2.54. The number of sulfonamides is 1. The molecule has 1 aliphatic rings. The summed E-state index contributed by atoms with van der Waals surface area (Å²) in [5.41, 5.74) is 0. The number of amides is 1. The summed E-state index contributed by atoms with van der Waals surface area (Å²) in [7, 11) is -3.44. The van der Waals surface area contributed by atoms with E-state index in [1.54, 1.807) is 30.3 Å². The molecule has 2 rings (SSSR count). The van der Waals surface area contributed by atoms with E-state index in [4.69, 9.17) is 0 Å². The van der Waals surface area contributed by atoms with Gasteiger partial charge in [0.1, 0.15) is 0 Å². The predicted molar refractivity (Wildman–Crippen MR) is 89.5 cm³/mol. The number of piperazine rings is 1. The first-order chi connectivity index (χ1) is 11.0. The molecule has 1 atom stereocenters. The fourth-order valence-corrected chi connectivity index (χ4v) is 4.08. The van der Waals surface area contributed by atoms with Crippen molar-refractivity contribution in [1.82, 2.24) is 14.5 Å². The Labute approximate surface area is 138 Å². The Morgan fingerprint density at radius 1 is 1.17 bits per heavy atom. The van der Waals surface area contributed by atoms with E-state index in [1.165, 1.54) is 4.31 Å². The SMILES string of the molecule is CCCNC(=O)[C@@H](C)N1CCN(S(=O)(=O)c2ccccc2)CC1. The quantitative estimate of drug-likeness (QED) is 0.836. The number of carbonyl (C=O) groups is 1. The van der Waals surface area contributed by atoms with Crippen molar-refractivity contribution in [1.29, 1.82) is 0 Å². The Morgan fingerprint density at radius 2 is 1.78 bits per heavy atom. The molecule has 1 fully saturated rings. The maximum atomic E-state index is 12.6. The molecule has 0 saturated carbocycles. The van der Waals surface area contributed by atoms with E-state index < -0.39 is 10.0 Å². The zero-order valence-electron chi connectivity index (χ0n) is 13.7. The molecule has 0 aromatic heterocycles. The maximum Gasteiger partial charge on any atom is 0.243 e. The maximum absolute atomic E-state index is 12.6. The van der Waals surface area contributed by atoms with Crippen LogP contribution in [0.5, 0.6) is 0 Å². The van der Waals surface area contributed by atoms with Crippen molar-refractivity contribution in [2.24, 2.45) is 0 Å². The third-order valence-electron chi connectivity index (χ3n) is 4.13. The summed E-state index contributed by atoms with van der Waals surface area (Å²) < 4.78 is 26.6. The largest absolute Gasteiger partial charge is 0.355 e. The minimum atomic E-state index is -3.44. The van der Waals surface area contributed by atoms with Gasteiger partial charge in [-0.05, 0) is 25.5 Å². The third-order valence-corrected chi connectivity index (χ3v) is 6.04. The van der Waals surface area contributed by atoms with Gasteiger partial charge in [-0.25, -0.2) is 8.42 Å². The average molecular weight is 339 g/mol. The van der Waals surface area contributed by atoms with Gasteiger partial charge in [-0.1, -0.05) is 25.1 Å². The number of nitrogens with one attached hydrogen (secondary N) is 1. The summed E-state index contributed by atoms with van der Waals surface area (Å²) in [6.45, 7) is 6.49. The van der Waals surface area contributed by atoms with Crippen LogP contribution in [0, 0.1) is 0 Å². The summed E-state index contributed by atoms with van der Waals surface area (Å²) in [6, 6.07) is 8.24. The van der Waals surface area contributed by atoms with Gasteiger partial charge >= 0.3 is 0 Å². The minimum absolute atomic E-state index is 0.00576. The highest BCUT2D eigenvalue weighted by Gasteiger charge is 2.31. The van der Waals surface area contributed by atoms with Gasteiger partial charge in [-0.2, -0.15) is 4.31 Å². The van der Waals surface area contributed by atoms with Crippen LogP contribution in [0.2, 0.25) is 0 Å². The van der Waals surface area contributed by atoms with Gasteiger partial charge in [-0.15, -0.1) is 0 Å². The first-order valence-electron chi connectivity index (χ1n) is 8.03. The molecule has 23 heavy (non-hydrogen) atoms. The molecule has 1 aromatic carbocycles. The molecule has 7 heteroatoms. The Balaban J connectivity index is 1.95. The number of hydrogen-bond donors (Lipinski definition) is 1. The van der Waals surface area contributed by atoms with E-state index in [1.807, 2.05) is 18.7 Å². The van der Waals surface area contributed by atoms with E-state index in [-0.39, 0.29) is 11.9 Å². The fraction of sp³-hybridized carbons (Fsp3) is 0.562. The van der Waals surface area contributed by atoms with Crippen molar-refractivity contribution < 1.29 is 13.2 Å². The second kappa shape index (κ2) is 7.90. The highest BCUT2D eigenvalue weighted by molar-refractivity contribution is 7.89. The summed E-state index contributed by atoms with van der Waals surface area (Å²) in [5.74, 6) is 0.00576. The van der Waals surface area contributed by atoms with Gasteiger partial charge < -0.3 is 5.32 Å². The minimum Gasteiger partial charge on any atom is -0.355 e. The van der Waals surface area contributed by atoms with E-state index >= 15 is 0 Å². The van der Waals surface area contributed by atoms with Gasteiger partial charge in [0.05, 0.1) is 10.9 Å². The Kier molecular flexibility index (Phi) is 6.15. The second-order valence-electron chi connectivity index (χ2n) is 5.72. The van der Waals surface area contributed by atoms with Crippen molar-refractivity contribution in [2.45, 2.75) is 31.2 Å². The standard InChI is InChI=1S/C16H25N3O3S/c1-3-9-17-16(20)14(2)18-10-12-19(13-11-18)23(21,22)15-7-5-4-6-8-15/h4-8,14H,3,9-13H2,1-2H3,(H,17,20)/t14-/m1/s1. The molecule has 6 nitrogen and oxygen atoms in total. The molecule has 1 aromatic rings. The van der Waals surface area contributed by atoms with Crippen molar-refractivity contribution in [3.05, 3.63) is 30.3 Å². The molecule has 1 heterocycles. The van der Waals surface area contributed by atoms with E-state index in [0.717, 1.165) is 6.42 Å². The molecule has 1 aliphatic heterocycles. The number of carbonyl (C=O) groups excluding carboxylic acids is 1. The molecule has 1 saturated heterocycles. The van der Waals surface area contributed by atoms with E-state index in [0.29, 0.717) is 37.6 Å². The molecule has 0 unspecified atom stereocenters. The molecule has 0 spiro atoms. The lowest BCUT2D eigenvalue weighted by atomic mass is 10.2. The third kappa shape index (κ3) is 4.31. The highest BCUT2D eigenvalue weighted by atomic mass is 32.2. The summed E-state index contributed by atoms with van der Waals surface area (Å²) in [5, 5.41) is 2.88. The van der Waals surface area contributed by atoms with Gasteiger partial charge in [0.25, 0.3) is 0 Å². The number of hydrogen-bond acceptors (Lipinski definition) is 4. The zero-order chi connectivity index (χ0) is 16.9. The molecular formula is C16H25N3O3S. The predicted octanol–water partition coefficient (Wildman–Crippen LogP) is 0.908. The van der Waals surface area contributed by atoms with Crippen molar-refractivity contribution >= 4 is 15.9 Å². The Morgan fingerprint density at radius 3 is 2.35 bits per heavy atom. The molecule has 1 amide bonds. The van der Waals surface area contributed by atoms with Crippen LogP contribution in [0.25, 0.3) is 0 Å². The zero-order valence-corrected chi connectivity index (χ0v) is 14.6. The second-order valence-corrected chi connectivity index (χ2v) is 7.66. The number of nitrogens with zero attached hydrogens (tertiary/aromatic N) is 2. The first kappa shape index (κ1) is 17.9. The van der Waals surface area contributed by atoms with Crippen molar-refractivity contribution in [2.75, 3.05) is 32.7 Å². The topological polar surface area (TPSA) is 69.7 Å². The van der Waals surface area contributed by atoms with Crippen LogP contribution in [-0.4, -0.2) is 62.3 Å². The molecule has 1 N–H and O–H groups in total. The van der Waals surface area contributed by atoms with Crippen LogP contribution in [0.15, 0.2) is 35.2 Å². The number of benzene rings is 1. The number of rotatable bonds is 6. The molecule has 0 radical (unpaired) electrons. The fourth-order valence-electron chi connectivity index (χ4n) is 2.63. The van der Waals surface area contributed by atoms with E-state index in [2.05, 4.69) is 5.32 Å². The van der Waals surface area contributed by atoms with Crippen LogP contribution in [0.3, 0.4) is 0 Å². The average Bonchev–Trinajstić information content (AvgIpc) is 2.59. The van der Waals surface area contributed by atoms with Gasteiger partial charge in [0, 0.05) is 32.7 Å². The van der Waals surface area contributed by atoms with Crippen molar-refractivity contribution in [3.8, 4) is 0 Å². The monoisotopic (exact) mass is 339 g/mol. The molecular weight excluding hydrogens is 314 g/mol.